The Labute approximate surface area is 109 Å². The molecule has 0 atom stereocenters. The zero-order chi connectivity index (χ0) is 14.4. The maximum absolute atomic E-state index is 11.5. The molecule has 0 aliphatic carbocycles. The highest BCUT2D eigenvalue weighted by Gasteiger charge is 2.12. The molecule has 0 unspecified atom stereocenters. The summed E-state index contributed by atoms with van der Waals surface area (Å²) in [5.41, 5.74) is 16.5. The molecule has 0 fully saturated rings. The molecule has 1 aromatic rings. The average Bonchev–Trinajstić information content (AvgIpc) is 2.36. The number of nitrogens with zero attached hydrogens (tertiary/aromatic N) is 2. The minimum atomic E-state index is -0.510. The van der Waals surface area contributed by atoms with Gasteiger partial charge in [-0.3, -0.25) is 0 Å². The minimum absolute atomic E-state index is 0.104. The van der Waals surface area contributed by atoms with Crippen LogP contribution in [0, 0.1) is 0 Å². The number of nitrogens with two attached hydrogens (primary N) is 3. The van der Waals surface area contributed by atoms with Crippen molar-refractivity contribution in [3.8, 4) is 5.75 Å². The molecule has 6 N–H and O–H groups in total. The molecule has 0 radical (unpaired) electrons. The van der Waals surface area contributed by atoms with Crippen LogP contribution in [-0.4, -0.2) is 32.1 Å². The van der Waals surface area contributed by atoms with Gasteiger partial charge in [-0.15, -0.1) is 0 Å². The lowest BCUT2D eigenvalue weighted by Crippen LogP contribution is -2.26. The van der Waals surface area contributed by atoms with Gasteiger partial charge in [-0.2, -0.15) is 4.99 Å². The summed E-state index contributed by atoms with van der Waals surface area (Å²) in [4.78, 5) is 19.0. The van der Waals surface area contributed by atoms with Gasteiger partial charge in [-0.1, -0.05) is 0 Å². The molecule has 0 aliphatic heterocycles. The second-order valence-electron chi connectivity index (χ2n) is 3.38. The van der Waals surface area contributed by atoms with E-state index in [0.717, 1.165) is 0 Å². The summed E-state index contributed by atoms with van der Waals surface area (Å²) in [7, 11) is 2.71. The molecule has 0 aromatic heterocycles. The maximum Gasteiger partial charge on any atom is 0.341 e. The molecule has 0 amide bonds. The van der Waals surface area contributed by atoms with Gasteiger partial charge in [0.1, 0.15) is 11.3 Å². The largest absolute Gasteiger partial charge is 0.496 e. The smallest absolute Gasteiger partial charge is 0.341 e. The lowest BCUT2D eigenvalue weighted by Gasteiger charge is -2.07. The van der Waals surface area contributed by atoms with Crippen LogP contribution in [0.25, 0.3) is 0 Å². The number of aliphatic imine (C=N–C) groups is 2. The van der Waals surface area contributed by atoms with E-state index in [0.29, 0.717) is 11.4 Å². The predicted octanol–water partition coefficient (Wildman–Crippen LogP) is -0.299. The summed E-state index contributed by atoms with van der Waals surface area (Å²) in [6, 6.07) is 4.58. The summed E-state index contributed by atoms with van der Waals surface area (Å²) in [6.07, 6.45) is 0. The van der Waals surface area contributed by atoms with Crippen molar-refractivity contribution in [2.45, 2.75) is 0 Å². The van der Waals surface area contributed by atoms with E-state index < -0.39 is 5.97 Å². The molecular weight excluding hydrogens is 250 g/mol. The van der Waals surface area contributed by atoms with Gasteiger partial charge in [0.15, 0.2) is 5.96 Å². The first kappa shape index (κ1) is 14.3. The van der Waals surface area contributed by atoms with E-state index in [4.69, 9.17) is 21.9 Å². The van der Waals surface area contributed by atoms with Gasteiger partial charge in [0, 0.05) is 6.07 Å². The molecular formula is C11H15N5O3. The topological polar surface area (TPSA) is 138 Å². The summed E-state index contributed by atoms with van der Waals surface area (Å²) in [5.74, 6) is -0.498. The highest BCUT2D eigenvalue weighted by atomic mass is 16.5. The Morgan fingerprint density at radius 1 is 1.21 bits per heavy atom. The zero-order valence-corrected chi connectivity index (χ0v) is 10.6. The quantitative estimate of drug-likeness (QED) is 0.389. The number of carbonyl (C=O) groups is 1. The molecule has 0 heterocycles. The van der Waals surface area contributed by atoms with Crippen molar-refractivity contribution < 1.29 is 14.3 Å². The van der Waals surface area contributed by atoms with Crippen LogP contribution in [0.15, 0.2) is 28.2 Å². The van der Waals surface area contributed by atoms with Crippen molar-refractivity contribution in [3.05, 3.63) is 23.8 Å². The minimum Gasteiger partial charge on any atom is -0.496 e. The van der Waals surface area contributed by atoms with Crippen molar-refractivity contribution in [3.63, 3.8) is 0 Å². The zero-order valence-electron chi connectivity index (χ0n) is 10.6. The summed E-state index contributed by atoms with van der Waals surface area (Å²) in [6.45, 7) is 0. The van der Waals surface area contributed by atoms with Crippen molar-refractivity contribution in [2.75, 3.05) is 14.2 Å². The van der Waals surface area contributed by atoms with E-state index in [-0.39, 0.29) is 17.5 Å². The Bertz CT molecular complexity index is 535. The Morgan fingerprint density at radius 3 is 2.42 bits per heavy atom. The van der Waals surface area contributed by atoms with Crippen LogP contribution in [0.3, 0.4) is 0 Å². The Hall–Kier alpha value is -2.77. The first-order chi connectivity index (χ1) is 8.97. The van der Waals surface area contributed by atoms with Gasteiger partial charge in [0.25, 0.3) is 0 Å². The van der Waals surface area contributed by atoms with Crippen LogP contribution in [0.4, 0.5) is 5.69 Å². The molecule has 8 nitrogen and oxygen atoms in total. The van der Waals surface area contributed by atoms with Crippen LogP contribution >= 0.6 is 0 Å². The number of hydrogen-bond donors (Lipinski definition) is 3. The first-order valence-electron chi connectivity index (χ1n) is 5.18. The van der Waals surface area contributed by atoms with Crippen LogP contribution in [0.1, 0.15) is 10.4 Å². The van der Waals surface area contributed by atoms with Crippen molar-refractivity contribution in [1.29, 1.82) is 0 Å². The molecule has 0 bridgehead atoms. The van der Waals surface area contributed by atoms with Gasteiger partial charge in [-0.05, 0) is 12.1 Å². The second-order valence-corrected chi connectivity index (χ2v) is 3.38. The molecule has 0 spiro atoms. The third-order valence-corrected chi connectivity index (χ3v) is 2.08. The van der Waals surface area contributed by atoms with Crippen molar-refractivity contribution >= 4 is 23.6 Å². The van der Waals surface area contributed by atoms with E-state index >= 15 is 0 Å². The van der Waals surface area contributed by atoms with Crippen LogP contribution in [-0.2, 0) is 4.74 Å². The van der Waals surface area contributed by atoms with Gasteiger partial charge < -0.3 is 26.7 Å². The maximum atomic E-state index is 11.5. The fraction of sp³-hybridized carbons (Fsp3) is 0.182. The third kappa shape index (κ3) is 3.87. The number of rotatable bonds is 3. The highest BCUT2D eigenvalue weighted by Crippen LogP contribution is 2.25. The summed E-state index contributed by atoms with van der Waals surface area (Å²) in [5, 5.41) is 0. The lowest BCUT2D eigenvalue weighted by atomic mass is 10.2. The van der Waals surface area contributed by atoms with Gasteiger partial charge in [0.2, 0.25) is 5.96 Å². The van der Waals surface area contributed by atoms with E-state index in [1.807, 2.05) is 0 Å². The van der Waals surface area contributed by atoms with E-state index in [1.165, 1.54) is 26.4 Å². The molecule has 0 saturated carbocycles. The molecule has 8 heteroatoms. The Morgan fingerprint density at radius 2 is 1.89 bits per heavy atom. The molecule has 1 aromatic carbocycles. The number of carbonyl (C=O) groups excluding carboxylic acids is 1. The number of esters is 1. The molecule has 102 valence electrons. The SMILES string of the molecule is COC(=O)c1ccc(N=C(N)N=C(N)N)cc1OC. The fourth-order valence-corrected chi connectivity index (χ4v) is 1.32. The second kappa shape index (κ2) is 6.24. The van der Waals surface area contributed by atoms with Gasteiger partial charge >= 0.3 is 5.97 Å². The summed E-state index contributed by atoms with van der Waals surface area (Å²) >= 11 is 0. The predicted molar refractivity (Wildman–Crippen MR) is 71.4 cm³/mol. The number of hydrogen-bond acceptors (Lipinski definition) is 4. The third-order valence-electron chi connectivity index (χ3n) is 2.08. The van der Waals surface area contributed by atoms with E-state index in [1.54, 1.807) is 6.07 Å². The van der Waals surface area contributed by atoms with Gasteiger partial charge in [0.05, 0.1) is 19.9 Å². The van der Waals surface area contributed by atoms with Gasteiger partial charge in [-0.25, -0.2) is 9.79 Å². The lowest BCUT2D eigenvalue weighted by molar-refractivity contribution is 0.0597. The normalized spacial score (nSPS) is 10.7. The standard InChI is InChI=1S/C11H15N5O3/c1-18-8-5-6(15-11(14)16-10(12)13)3-4-7(8)9(17)19-2/h3-5H,1-2H3,(H6,12,13,14,15,16). The molecule has 0 aliphatic rings. The Kier molecular flexibility index (Phi) is 4.69. The number of benzene rings is 1. The highest BCUT2D eigenvalue weighted by molar-refractivity contribution is 5.95. The summed E-state index contributed by atoms with van der Waals surface area (Å²) < 4.78 is 9.69. The Balaban J connectivity index is 3.14. The van der Waals surface area contributed by atoms with Crippen molar-refractivity contribution in [1.82, 2.24) is 0 Å². The van der Waals surface area contributed by atoms with Crippen molar-refractivity contribution in [2.24, 2.45) is 27.2 Å². The average molecular weight is 265 g/mol. The van der Waals surface area contributed by atoms with E-state index in [9.17, 15) is 4.79 Å². The van der Waals surface area contributed by atoms with Crippen LogP contribution in [0.2, 0.25) is 0 Å². The molecule has 19 heavy (non-hydrogen) atoms. The van der Waals surface area contributed by atoms with Crippen LogP contribution < -0.4 is 21.9 Å². The fourth-order valence-electron chi connectivity index (χ4n) is 1.32. The monoisotopic (exact) mass is 265 g/mol. The number of ether oxygens (including phenoxy) is 2. The first-order valence-corrected chi connectivity index (χ1v) is 5.18. The number of methoxy groups -OCH3 is 2. The molecule has 1 rings (SSSR count). The van der Waals surface area contributed by atoms with E-state index in [2.05, 4.69) is 14.7 Å². The molecule has 0 saturated heterocycles. The number of guanidine groups is 2. The van der Waals surface area contributed by atoms with Crippen LogP contribution in [0.5, 0.6) is 5.75 Å².